The highest BCUT2D eigenvalue weighted by Crippen LogP contribution is 2.22. The van der Waals surface area contributed by atoms with Crippen LogP contribution in [0.1, 0.15) is 29.8 Å². The molecule has 4 rings (SSSR count). The third-order valence-electron chi connectivity index (χ3n) is 6.61. The van der Waals surface area contributed by atoms with Crippen LogP contribution in [0.25, 0.3) is 11.0 Å². The van der Waals surface area contributed by atoms with Gasteiger partial charge in [-0.15, -0.1) is 0 Å². The van der Waals surface area contributed by atoms with Gasteiger partial charge in [-0.05, 0) is 42.2 Å². The fourth-order valence-electron chi connectivity index (χ4n) is 4.52. The summed E-state index contributed by atoms with van der Waals surface area (Å²) in [5, 5.41) is 25.7. The molecule has 0 aliphatic carbocycles. The predicted molar refractivity (Wildman–Crippen MR) is 157 cm³/mol. The fraction of sp³-hybridized carbons (Fsp3) is 0.267. The Bertz CT molecular complexity index is 1720. The number of nitro groups is 1. The number of carbonyl (C=O) groups excluding carboxylic acids is 1. The molecule has 0 fully saturated rings. The maximum absolute atomic E-state index is 13.6. The molecule has 2 atom stereocenters. The van der Waals surface area contributed by atoms with Gasteiger partial charge in [-0.2, -0.15) is 4.31 Å². The van der Waals surface area contributed by atoms with Crippen LogP contribution in [0.3, 0.4) is 0 Å². The van der Waals surface area contributed by atoms with Crippen molar-refractivity contribution in [2.75, 3.05) is 13.1 Å². The van der Waals surface area contributed by atoms with Crippen molar-refractivity contribution < 1.29 is 27.7 Å². The molecule has 0 saturated carbocycles. The van der Waals surface area contributed by atoms with Gasteiger partial charge in [-0.25, -0.2) is 13.2 Å². The Morgan fingerprint density at radius 3 is 2.29 bits per heavy atom. The molecule has 0 saturated heterocycles. The van der Waals surface area contributed by atoms with Crippen LogP contribution in [0.5, 0.6) is 0 Å². The minimum Gasteiger partial charge on any atom is -0.422 e. The van der Waals surface area contributed by atoms with Gasteiger partial charge in [0.05, 0.1) is 22.0 Å². The summed E-state index contributed by atoms with van der Waals surface area (Å²) < 4.78 is 33.6. The third-order valence-corrected chi connectivity index (χ3v) is 8.46. The molecule has 1 heterocycles. The van der Waals surface area contributed by atoms with Gasteiger partial charge >= 0.3 is 5.63 Å². The summed E-state index contributed by atoms with van der Waals surface area (Å²) in [5.41, 5.74) is -0.271. The van der Waals surface area contributed by atoms with E-state index in [2.05, 4.69) is 5.32 Å². The molecule has 0 bridgehead atoms. The van der Waals surface area contributed by atoms with Crippen LogP contribution in [0, 0.1) is 16.0 Å². The van der Waals surface area contributed by atoms with Crippen molar-refractivity contribution in [3.8, 4) is 0 Å². The molecule has 1 aromatic heterocycles. The Labute approximate surface area is 242 Å². The van der Waals surface area contributed by atoms with E-state index in [1.54, 1.807) is 48.5 Å². The molecule has 0 aliphatic rings. The largest absolute Gasteiger partial charge is 0.422 e. The fourth-order valence-corrected chi connectivity index (χ4v) is 6.14. The van der Waals surface area contributed by atoms with Gasteiger partial charge < -0.3 is 14.8 Å². The van der Waals surface area contributed by atoms with E-state index in [4.69, 9.17) is 4.42 Å². The first-order valence-electron chi connectivity index (χ1n) is 13.3. The number of hydrogen-bond donors (Lipinski definition) is 2. The zero-order valence-corrected chi connectivity index (χ0v) is 23.9. The second kappa shape index (κ2) is 13.1. The van der Waals surface area contributed by atoms with Crippen molar-refractivity contribution in [3.05, 3.63) is 117 Å². The summed E-state index contributed by atoms with van der Waals surface area (Å²) >= 11 is 0. The highest BCUT2D eigenvalue weighted by atomic mass is 32.2. The maximum atomic E-state index is 13.6. The summed E-state index contributed by atoms with van der Waals surface area (Å²) in [5.74, 6) is -0.905. The number of para-hydroxylation sites is 1. The van der Waals surface area contributed by atoms with Crippen LogP contribution < -0.4 is 10.9 Å². The SMILES string of the molecule is CC(C)CN(C[C@@H](O)[C@H](Cc1ccccc1)NC(=O)c1cc2ccccc2oc1=O)S(=O)(=O)c1ccc([N+](=O)[O-])cc1. The van der Waals surface area contributed by atoms with E-state index in [1.807, 2.05) is 19.9 Å². The second-order valence-electron chi connectivity index (χ2n) is 10.3. The first-order valence-corrected chi connectivity index (χ1v) is 14.7. The number of benzene rings is 3. The van der Waals surface area contributed by atoms with Crippen LogP contribution in [0.15, 0.2) is 99.0 Å². The topological polar surface area (TPSA) is 160 Å². The number of nitrogens with zero attached hydrogens (tertiary/aromatic N) is 2. The molecule has 0 radical (unpaired) electrons. The monoisotopic (exact) mass is 593 g/mol. The zero-order chi connectivity index (χ0) is 30.4. The van der Waals surface area contributed by atoms with E-state index in [1.165, 1.54) is 6.07 Å². The number of nitro benzene ring substituents is 1. The lowest BCUT2D eigenvalue weighted by atomic mass is 10.0. The number of amides is 1. The summed E-state index contributed by atoms with van der Waals surface area (Å²) in [7, 11) is -4.18. The lowest BCUT2D eigenvalue weighted by Gasteiger charge is -2.30. The number of fused-ring (bicyclic) bond motifs is 1. The maximum Gasteiger partial charge on any atom is 0.349 e. The van der Waals surface area contributed by atoms with Crippen LogP contribution in [0.2, 0.25) is 0 Å². The minimum absolute atomic E-state index is 0.0383. The standard InChI is InChI=1S/C30H31N3O8S/c1-20(2)18-32(42(39,40)24-14-12-23(13-15-24)33(37)38)19-27(34)26(16-21-8-4-3-5-9-21)31-29(35)25-17-22-10-6-7-11-28(22)41-30(25)36/h3-15,17,20,26-27,34H,16,18-19H2,1-2H3,(H,31,35)/t26-,27+/m0/s1. The molecule has 0 unspecified atom stereocenters. The van der Waals surface area contributed by atoms with Crippen molar-refractivity contribution in [1.29, 1.82) is 0 Å². The normalized spacial score (nSPS) is 13.3. The van der Waals surface area contributed by atoms with Crippen molar-refractivity contribution in [2.24, 2.45) is 5.92 Å². The molecule has 3 aromatic carbocycles. The first kappa shape index (κ1) is 30.6. The Hall–Kier alpha value is -4.39. The van der Waals surface area contributed by atoms with E-state index < -0.39 is 38.6 Å². The number of hydrogen-bond acceptors (Lipinski definition) is 8. The van der Waals surface area contributed by atoms with Gasteiger partial charge in [0.2, 0.25) is 10.0 Å². The lowest BCUT2D eigenvalue weighted by molar-refractivity contribution is -0.384. The minimum atomic E-state index is -4.18. The third kappa shape index (κ3) is 7.27. The number of sulfonamides is 1. The van der Waals surface area contributed by atoms with E-state index in [-0.39, 0.29) is 41.6 Å². The Kier molecular flexibility index (Phi) is 9.51. The van der Waals surface area contributed by atoms with Gasteiger partial charge in [0.1, 0.15) is 11.1 Å². The number of aliphatic hydroxyl groups excluding tert-OH is 1. The average Bonchev–Trinajstić information content (AvgIpc) is 2.96. The van der Waals surface area contributed by atoms with Crippen molar-refractivity contribution in [2.45, 2.75) is 37.3 Å². The highest BCUT2D eigenvalue weighted by molar-refractivity contribution is 7.89. The molecule has 12 heteroatoms. The Morgan fingerprint density at radius 2 is 1.64 bits per heavy atom. The van der Waals surface area contributed by atoms with Crippen molar-refractivity contribution in [3.63, 3.8) is 0 Å². The van der Waals surface area contributed by atoms with Crippen LogP contribution in [0.4, 0.5) is 5.69 Å². The van der Waals surface area contributed by atoms with Crippen LogP contribution in [-0.2, 0) is 16.4 Å². The van der Waals surface area contributed by atoms with Gasteiger partial charge in [-0.1, -0.05) is 62.4 Å². The molecule has 11 nitrogen and oxygen atoms in total. The van der Waals surface area contributed by atoms with Crippen LogP contribution >= 0.6 is 0 Å². The second-order valence-corrected chi connectivity index (χ2v) is 12.2. The number of carbonyl (C=O) groups is 1. The molecule has 0 spiro atoms. The summed E-state index contributed by atoms with van der Waals surface area (Å²) in [4.78, 5) is 36.2. The quantitative estimate of drug-likeness (QED) is 0.143. The average molecular weight is 594 g/mol. The molecular weight excluding hydrogens is 562 g/mol. The summed E-state index contributed by atoms with van der Waals surface area (Å²) in [6.45, 7) is 3.28. The summed E-state index contributed by atoms with van der Waals surface area (Å²) in [6, 6.07) is 20.7. The van der Waals surface area contributed by atoms with Crippen molar-refractivity contribution >= 4 is 32.6 Å². The van der Waals surface area contributed by atoms with Gasteiger partial charge in [0.25, 0.3) is 11.6 Å². The first-order chi connectivity index (χ1) is 20.0. The van der Waals surface area contributed by atoms with E-state index in [0.717, 1.165) is 34.1 Å². The molecular formula is C30H31N3O8S. The molecule has 0 aliphatic heterocycles. The van der Waals surface area contributed by atoms with Gasteiger partial charge in [-0.3, -0.25) is 14.9 Å². The molecule has 42 heavy (non-hydrogen) atoms. The molecule has 220 valence electrons. The summed E-state index contributed by atoms with van der Waals surface area (Å²) in [6.07, 6.45) is -1.26. The van der Waals surface area contributed by atoms with Gasteiger partial charge in [0, 0.05) is 30.6 Å². The Balaban J connectivity index is 1.64. The smallest absolute Gasteiger partial charge is 0.349 e. The number of nitrogens with one attached hydrogen (secondary N) is 1. The Morgan fingerprint density at radius 1 is 1.00 bits per heavy atom. The van der Waals surface area contributed by atoms with E-state index in [0.29, 0.717) is 11.0 Å². The van der Waals surface area contributed by atoms with Crippen molar-refractivity contribution in [1.82, 2.24) is 9.62 Å². The number of non-ortho nitro benzene ring substituents is 1. The highest BCUT2D eigenvalue weighted by Gasteiger charge is 2.32. The zero-order valence-electron chi connectivity index (χ0n) is 23.0. The van der Waals surface area contributed by atoms with E-state index >= 15 is 0 Å². The number of aliphatic hydroxyl groups is 1. The van der Waals surface area contributed by atoms with Gasteiger partial charge in [0.15, 0.2) is 0 Å². The predicted octanol–water partition coefficient (Wildman–Crippen LogP) is 3.75. The number of rotatable bonds is 12. The molecule has 2 N–H and O–H groups in total. The van der Waals surface area contributed by atoms with Crippen LogP contribution in [-0.4, -0.2) is 53.9 Å². The molecule has 1 amide bonds. The molecule has 4 aromatic rings. The lowest BCUT2D eigenvalue weighted by Crippen LogP contribution is -2.51. The van der Waals surface area contributed by atoms with E-state index in [9.17, 15) is 33.2 Å².